The molecule has 1 saturated carbocycles. The van der Waals surface area contributed by atoms with Crippen LogP contribution in [0, 0.1) is 17.8 Å². The second-order valence-corrected chi connectivity index (χ2v) is 7.44. The number of fused-ring (bicyclic) bond motifs is 2. The Morgan fingerprint density at radius 2 is 1.97 bits per heavy atom. The number of nitrogens with one attached hydrogen (secondary N) is 2. The van der Waals surface area contributed by atoms with Crippen molar-refractivity contribution in [3.8, 4) is 11.8 Å². The van der Waals surface area contributed by atoms with E-state index < -0.39 is 0 Å². The monoisotopic (exact) mass is 396 g/mol. The van der Waals surface area contributed by atoms with Crippen LogP contribution in [-0.2, 0) is 11.8 Å². The molecule has 5 rings (SSSR count). The van der Waals surface area contributed by atoms with Crippen LogP contribution in [0.4, 0.5) is 11.6 Å². The Hall–Kier alpha value is -3.92. The number of carbonyl (C=O) groups is 1. The minimum Gasteiger partial charge on any atom is -0.373 e. The van der Waals surface area contributed by atoms with Crippen LogP contribution >= 0.6 is 0 Å². The molecule has 7 nitrogen and oxygen atoms in total. The maximum absolute atomic E-state index is 12.1. The highest BCUT2D eigenvalue weighted by molar-refractivity contribution is 5.99. The van der Waals surface area contributed by atoms with Crippen LogP contribution in [0.25, 0.3) is 21.7 Å². The Labute approximate surface area is 173 Å². The van der Waals surface area contributed by atoms with Crippen LogP contribution in [-0.4, -0.2) is 32.7 Å². The summed E-state index contributed by atoms with van der Waals surface area (Å²) in [5.74, 6) is 7.87. The van der Waals surface area contributed by atoms with Gasteiger partial charge in [-0.3, -0.25) is 9.48 Å². The highest BCUT2D eigenvalue weighted by Gasteiger charge is 2.29. The highest BCUT2D eigenvalue weighted by atomic mass is 16.2. The molecule has 7 heteroatoms. The Bertz CT molecular complexity index is 1360. The van der Waals surface area contributed by atoms with Crippen LogP contribution in [0.2, 0.25) is 0 Å². The maximum atomic E-state index is 12.1. The van der Waals surface area contributed by atoms with Gasteiger partial charge in [-0.1, -0.05) is 11.8 Å². The third-order valence-electron chi connectivity index (χ3n) is 5.30. The van der Waals surface area contributed by atoms with Gasteiger partial charge in [-0.15, -0.1) is 0 Å². The fraction of sp³-hybridized carbons (Fsp3) is 0.217. The predicted molar refractivity (Wildman–Crippen MR) is 117 cm³/mol. The average molecular weight is 396 g/mol. The topological polar surface area (TPSA) is 84.7 Å². The lowest BCUT2D eigenvalue weighted by atomic mass is 10.1. The van der Waals surface area contributed by atoms with Crippen molar-refractivity contribution in [2.75, 3.05) is 17.7 Å². The van der Waals surface area contributed by atoms with Crippen molar-refractivity contribution in [1.82, 2.24) is 19.7 Å². The van der Waals surface area contributed by atoms with E-state index in [0.717, 1.165) is 51.5 Å². The molecular weight excluding hydrogens is 376 g/mol. The molecule has 1 amide bonds. The minimum absolute atomic E-state index is 0.0298. The molecule has 3 aromatic heterocycles. The Morgan fingerprint density at radius 3 is 2.77 bits per heavy atom. The number of hydrogen-bond donors (Lipinski definition) is 2. The number of pyridine rings is 2. The van der Waals surface area contributed by atoms with Crippen molar-refractivity contribution >= 4 is 39.2 Å². The molecule has 3 heterocycles. The molecule has 0 saturated heterocycles. The first kappa shape index (κ1) is 18.1. The summed E-state index contributed by atoms with van der Waals surface area (Å²) in [6.45, 7) is 0. The Morgan fingerprint density at radius 1 is 1.10 bits per heavy atom. The molecule has 1 aliphatic carbocycles. The number of benzene rings is 1. The van der Waals surface area contributed by atoms with Crippen LogP contribution in [0.5, 0.6) is 0 Å². The largest absolute Gasteiger partial charge is 0.373 e. The first-order valence-electron chi connectivity index (χ1n) is 9.83. The van der Waals surface area contributed by atoms with Gasteiger partial charge in [-0.2, -0.15) is 5.10 Å². The molecule has 0 bridgehead atoms. The summed E-state index contributed by atoms with van der Waals surface area (Å²) in [5.41, 5.74) is 2.74. The zero-order valence-corrected chi connectivity index (χ0v) is 16.7. The zero-order chi connectivity index (χ0) is 20.7. The van der Waals surface area contributed by atoms with E-state index in [4.69, 9.17) is 0 Å². The molecular formula is C23H20N6O. The molecule has 1 aromatic carbocycles. The number of carbonyl (C=O) groups excluding carboxylic acids is 1. The quantitative estimate of drug-likeness (QED) is 0.519. The zero-order valence-electron chi connectivity index (χ0n) is 16.7. The van der Waals surface area contributed by atoms with Crippen LogP contribution in [0.1, 0.15) is 24.0 Å². The van der Waals surface area contributed by atoms with E-state index in [1.165, 1.54) is 0 Å². The van der Waals surface area contributed by atoms with Gasteiger partial charge < -0.3 is 10.6 Å². The van der Waals surface area contributed by atoms with E-state index >= 15 is 0 Å². The molecule has 148 valence electrons. The summed E-state index contributed by atoms with van der Waals surface area (Å²) >= 11 is 0. The first-order valence-corrected chi connectivity index (χ1v) is 9.83. The molecule has 0 atom stereocenters. The third-order valence-corrected chi connectivity index (χ3v) is 5.30. The number of amides is 1. The normalized spacial score (nSPS) is 13.1. The van der Waals surface area contributed by atoms with E-state index in [2.05, 4.69) is 37.5 Å². The number of rotatable bonds is 3. The second-order valence-electron chi connectivity index (χ2n) is 7.44. The van der Waals surface area contributed by atoms with E-state index in [1.54, 1.807) is 12.4 Å². The number of aryl methyl sites for hydroxylation is 1. The maximum Gasteiger partial charge on any atom is 0.228 e. The van der Waals surface area contributed by atoms with Gasteiger partial charge in [0.15, 0.2) is 0 Å². The lowest BCUT2D eigenvalue weighted by Gasteiger charge is -2.09. The number of nitrogens with zero attached hydrogens (tertiary/aromatic N) is 4. The van der Waals surface area contributed by atoms with Crippen molar-refractivity contribution in [3.63, 3.8) is 0 Å². The molecule has 1 aliphatic rings. The molecule has 0 radical (unpaired) electrons. The fourth-order valence-electron chi connectivity index (χ4n) is 3.46. The van der Waals surface area contributed by atoms with Crippen molar-refractivity contribution in [2.24, 2.45) is 13.0 Å². The van der Waals surface area contributed by atoms with Crippen LogP contribution < -0.4 is 10.6 Å². The highest BCUT2D eigenvalue weighted by Crippen LogP contribution is 2.31. The predicted octanol–water partition coefficient (Wildman–Crippen LogP) is 3.31. The SMILES string of the molecule is CNc1ncc(C#Cc2ccc3c(cnn3C)c2)c2cc(NC(=O)C3CC3)ncc12. The molecule has 2 N–H and O–H groups in total. The molecule has 0 unspecified atom stereocenters. The van der Waals surface area contributed by atoms with Gasteiger partial charge in [0.1, 0.15) is 11.6 Å². The van der Waals surface area contributed by atoms with E-state index in [9.17, 15) is 4.79 Å². The van der Waals surface area contributed by atoms with Crippen molar-refractivity contribution < 1.29 is 4.79 Å². The van der Waals surface area contributed by atoms with Gasteiger partial charge >= 0.3 is 0 Å². The lowest BCUT2D eigenvalue weighted by Crippen LogP contribution is -2.14. The summed E-state index contributed by atoms with van der Waals surface area (Å²) in [6, 6.07) is 7.89. The summed E-state index contributed by atoms with van der Waals surface area (Å²) in [4.78, 5) is 21.0. The van der Waals surface area contributed by atoms with Crippen molar-refractivity contribution in [1.29, 1.82) is 0 Å². The summed E-state index contributed by atoms with van der Waals surface area (Å²) in [6.07, 6.45) is 7.20. The number of anilines is 2. The van der Waals surface area contributed by atoms with Crippen LogP contribution in [0.3, 0.4) is 0 Å². The summed E-state index contributed by atoms with van der Waals surface area (Å²) in [7, 11) is 3.74. The Balaban J connectivity index is 1.55. The smallest absolute Gasteiger partial charge is 0.228 e. The van der Waals surface area contributed by atoms with E-state index in [1.807, 2.05) is 49.2 Å². The van der Waals surface area contributed by atoms with E-state index in [-0.39, 0.29) is 11.8 Å². The van der Waals surface area contributed by atoms with Gasteiger partial charge in [0.05, 0.1) is 17.3 Å². The fourth-order valence-corrected chi connectivity index (χ4v) is 3.46. The number of aromatic nitrogens is 4. The van der Waals surface area contributed by atoms with Gasteiger partial charge in [0.25, 0.3) is 0 Å². The van der Waals surface area contributed by atoms with Gasteiger partial charge in [0.2, 0.25) is 5.91 Å². The molecule has 1 fully saturated rings. The lowest BCUT2D eigenvalue weighted by molar-refractivity contribution is -0.117. The van der Waals surface area contributed by atoms with Crippen molar-refractivity contribution in [2.45, 2.75) is 12.8 Å². The van der Waals surface area contributed by atoms with Crippen LogP contribution in [0.15, 0.2) is 42.9 Å². The molecule has 0 spiro atoms. The molecule has 0 aliphatic heterocycles. The Kier molecular flexibility index (Phi) is 4.32. The summed E-state index contributed by atoms with van der Waals surface area (Å²) in [5, 5.41) is 13.1. The standard InChI is InChI=1S/C23H20N6O/c1-24-22-19-13-25-21(28-23(30)15-6-7-15)10-18(19)16(11-26-22)5-3-14-4-8-20-17(9-14)12-27-29(20)2/h4,8-13,15H,6-7H2,1-2H3,(H,24,26)(H,25,28,30). The number of hydrogen-bond acceptors (Lipinski definition) is 5. The second kappa shape index (κ2) is 7.16. The average Bonchev–Trinajstić information content (AvgIpc) is 3.55. The van der Waals surface area contributed by atoms with Gasteiger partial charge in [-0.25, -0.2) is 9.97 Å². The first-order chi connectivity index (χ1) is 14.6. The van der Waals surface area contributed by atoms with Gasteiger partial charge in [-0.05, 0) is 37.1 Å². The summed E-state index contributed by atoms with van der Waals surface area (Å²) < 4.78 is 1.84. The van der Waals surface area contributed by atoms with E-state index in [0.29, 0.717) is 5.82 Å². The van der Waals surface area contributed by atoms with Gasteiger partial charge in [0, 0.05) is 54.1 Å². The van der Waals surface area contributed by atoms with Crippen molar-refractivity contribution in [3.05, 3.63) is 54.0 Å². The third kappa shape index (κ3) is 3.33. The molecule has 30 heavy (non-hydrogen) atoms. The minimum atomic E-state index is 0.0298. The molecule has 4 aromatic rings.